The number of nitrogens with zero attached hydrogens (tertiary/aromatic N) is 3. The fourth-order valence-corrected chi connectivity index (χ4v) is 3.35. The van der Waals surface area contributed by atoms with Crippen LogP contribution < -0.4 is 14.8 Å². The zero-order chi connectivity index (χ0) is 20.8. The third kappa shape index (κ3) is 5.05. The minimum Gasteiger partial charge on any atom is -0.497 e. The van der Waals surface area contributed by atoms with Crippen molar-refractivity contribution in [3.63, 3.8) is 0 Å². The Balaban J connectivity index is 1.70. The molecule has 9 nitrogen and oxygen atoms in total. The number of rotatable bonds is 8. The van der Waals surface area contributed by atoms with Crippen LogP contribution in [0.25, 0.3) is 0 Å². The fraction of sp³-hybridized carbons (Fsp3) is 0.450. The van der Waals surface area contributed by atoms with Crippen LogP contribution in [0.2, 0.25) is 0 Å². The summed E-state index contributed by atoms with van der Waals surface area (Å²) in [5.41, 5.74) is 1.59. The lowest BCUT2D eigenvalue weighted by atomic mass is 10.1. The highest BCUT2D eigenvalue weighted by Crippen LogP contribution is 2.27. The first kappa shape index (κ1) is 20.7. The molecule has 1 saturated heterocycles. The van der Waals surface area contributed by atoms with Gasteiger partial charge in [-0.15, -0.1) is 0 Å². The van der Waals surface area contributed by atoms with Gasteiger partial charge in [-0.1, -0.05) is 11.2 Å². The molecule has 2 aromatic rings. The number of benzene rings is 1. The molecule has 1 aromatic carbocycles. The van der Waals surface area contributed by atoms with Crippen molar-refractivity contribution >= 4 is 11.8 Å². The standard InChI is InChI=1S/C20H26N4O5/c1-23(13-15-6-9-29-22-15)19(25)11-17-20(26)21-7-8-24(17)12-14-4-5-16(27-2)10-18(14)28-3/h4-6,9-10,17H,7-8,11-13H2,1-3H3,(H,21,26)/t17-/m1/s1. The largest absolute Gasteiger partial charge is 0.497 e. The number of carbonyl (C=O) groups is 2. The minimum atomic E-state index is -0.553. The van der Waals surface area contributed by atoms with Crippen LogP contribution in [-0.2, 0) is 22.7 Å². The molecule has 1 aromatic heterocycles. The van der Waals surface area contributed by atoms with Crippen molar-refractivity contribution in [3.8, 4) is 11.5 Å². The predicted molar refractivity (Wildman–Crippen MR) is 104 cm³/mol. The maximum Gasteiger partial charge on any atom is 0.237 e. The minimum absolute atomic E-state index is 0.0820. The molecule has 0 aliphatic carbocycles. The molecule has 1 atom stereocenters. The van der Waals surface area contributed by atoms with E-state index in [1.165, 1.54) is 6.26 Å². The van der Waals surface area contributed by atoms with Crippen LogP contribution in [0.1, 0.15) is 17.7 Å². The van der Waals surface area contributed by atoms with E-state index >= 15 is 0 Å². The maximum atomic E-state index is 12.7. The summed E-state index contributed by atoms with van der Waals surface area (Å²) in [5, 5.41) is 6.68. The molecular weight excluding hydrogens is 376 g/mol. The van der Waals surface area contributed by atoms with Crippen molar-refractivity contribution in [2.75, 3.05) is 34.4 Å². The quantitative estimate of drug-likeness (QED) is 0.705. The summed E-state index contributed by atoms with van der Waals surface area (Å²) in [6, 6.07) is 6.74. The zero-order valence-electron chi connectivity index (χ0n) is 16.9. The summed E-state index contributed by atoms with van der Waals surface area (Å²) in [7, 11) is 4.89. The molecule has 1 aliphatic heterocycles. The van der Waals surface area contributed by atoms with Gasteiger partial charge in [-0.3, -0.25) is 14.5 Å². The maximum absolute atomic E-state index is 12.7. The van der Waals surface area contributed by atoms with Crippen LogP contribution >= 0.6 is 0 Å². The molecule has 0 saturated carbocycles. The Morgan fingerprint density at radius 3 is 2.86 bits per heavy atom. The Bertz CT molecular complexity index is 839. The van der Waals surface area contributed by atoms with Crippen molar-refractivity contribution in [3.05, 3.63) is 41.8 Å². The molecule has 1 fully saturated rings. The summed E-state index contributed by atoms with van der Waals surface area (Å²) >= 11 is 0. The van der Waals surface area contributed by atoms with Gasteiger partial charge in [0.1, 0.15) is 23.5 Å². The third-order valence-electron chi connectivity index (χ3n) is 4.99. The van der Waals surface area contributed by atoms with Gasteiger partial charge in [0.25, 0.3) is 0 Å². The first-order chi connectivity index (χ1) is 14.0. The molecule has 29 heavy (non-hydrogen) atoms. The van der Waals surface area contributed by atoms with Gasteiger partial charge in [-0.05, 0) is 6.07 Å². The van der Waals surface area contributed by atoms with Gasteiger partial charge in [0.15, 0.2) is 0 Å². The monoisotopic (exact) mass is 402 g/mol. The average molecular weight is 402 g/mol. The van der Waals surface area contributed by atoms with E-state index < -0.39 is 6.04 Å². The smallest absolute Gasteiger partial charge is 0.237 e. The molecule has 9 heteroatoms. The number of carbonyl (C=O) groups excluding carboxylic acids is 2. The Hall–Kier alpha value is -3.07. The number of methoxy groups -OCH3 is 2. The van der Waals surface area contributed by atoms with Gasteiger partial charge in [0, 0.05) is 44.4 Å². The summed E-state index contributed by atoms with van der Waals surface area (Å²) in [6.07, 6.45) is 1.55. The molecule has 1 N–H and O–H groups in total. The van der Waals surface area contributed by atoms with E-state index in [4.69, 9.17) is 14.0 Å². The van der Waals surface area contributed by atoms with E-state index in [1.54, 1.807) is 32.2 Å². The molecule has 3 rings (SSSR count). The van der Waals surface area contributed by atoms with Crippen LogP contribution in [0.5, 0.6) is 11.5 Å². The first-order valence-corrected chi connectivity index (χ1v) is 9.37. The second kappa shape index (κ2) is 9.42. The number of piperazine rings is 1. The second-order valence-corrected chi connectivity index (χ2v) is 6.90. The van der Waals surface area contributed by atoms with E-state index in [0.717, 1.165) is 5.56 Å². The van der Waals surface area contributed by atoms with Crippen molar-refractivity contribution in [2.45, 2.75) is 25.6 Å². The van der Waals surface area contributed by atoms with Crippen LogP contribution in [0.3, 0.4) is 0 Å². The topological polar surface area (TPSA) is 97.1 Å². The van der Waals surface area contributed by atoms with E-state index in [2.05, 4.69) is 10.5 Å². The summed E-state index contributed by atoms with van der Waals surface area (Å²) in [5.74, 6) is 1.10. The van der Waals surface area contributed by atoms with Gasteiger partial charge in [0.05, 0.1) is 33.2 Å². The highest BCUT2D eigenvalue weighted by Gasteiger charge is 2.33. The number of aromatic nitrogens is 1. The first-order valence-electron chi connectivity index (χ1n) is 9.37. The van der Waals surface area contributed by atoms with E-state index in [9.17, 15) is 9.59 Å². The number of nitrogens with one attached hydrogen (secondary N) is 1. The van der Waals surface area contributed by atoms with Crippen LogP contribution in [-0.4, -0.2) is 67.2 Å². The van der Waals surface area contributed by atoms with Crippen molar-refractivity contribution < 1.29 is 23.6 Å². The normalized spacial score (nSPS) is 16.9. The van der Waals surface area contributed by atoms with Crippen LogP contribution in [0.4, 0.5) is 0 Å². The molecule has 2 amide bonds. The molecule has 2 heterocycles. The number of ether oxygens (including phenoxy) is 2. The van der Waals surface area contributed by atoms with Crippen LogP contribution in [0.15, 0.2) is 35.1 Å². The lowest BCUT2D eigenvalue weighted by molar-refractivity contribution is -0.138. The Labute approximate surface area is 169 Å². The highest BCUT2D eigenvalue weighted by molar-refractivity contribution is 5.88. The molecule has 156 valence electrons. The second-order valence-electron chi connectivity index (χ2n) is 6.90. The Kier molecular flexibility index (Phi) is 6.71. The summed E-state index contributed by atoms with van der Waals surface area (Å²) in [6.45, 7) is 2.00. The van der Waals surface area contributed by atoms with E-state index in [1.807, 2.05) is 23.1 Å². The molecular formula is C20H26N4O5. The number of hydrogen-bond acceptors (Lipinski definition) is 7. The molecule has 0 radical (unpaired) electrons. The van der Waals surface area contributed by atoms with Gasteiger partial charge < -0.3 is 24.2 Å². The third-order valence-corrected chi connectivity index (χ3v) is 4.99. The number of hydrogen-bond donors (Lipinski definition) is 1. The van der Waals surface area contributed by atoms with Gasteiger partial charge >= 0.3 is 0 Å². The average Bonchev–Trinajstić information content (AvgIpc) is 3.23. The molecule has 1 aliphatic rings. The van der Waals surface area contributed by atoms with Crippen molar-refractivity contribution in [1.82, 2.24) is 20.3 Å². The van der Waals surface area contributed by atoms with Gasteiger partial charge in [-0.2, -0.15) is 0 Å². The Morgan fingerprint density at radius 1 is 1.34 bits per heavy atom. The fourth-order valence-electron chi connectivity index (χ4n) is 3.35. The lowest BCUT2D eigenvalue weighted by Crippen LogP contribution is -2.56. The highest BCUT2D eigenvalue weighted by atomic mass is 16.5. The summed E-state index contributed by atoms with van der Waals surface area (Å²) in [4.78, 5) is 28.8. The molecule has 0 unspecified atom stereocenters. The molecule has 0 spiro atoms. The van der Waals surface area contributed by atoms with E-state index in [-0.39, 0.29) is 18.2 Å². The zero-order valence-corrected chi connectivity index (χ0v) is 16.9. The SMILES string of the molecule is COc1ccc(CN2CCNC(=O)[C@H]2CC(=O)N(C)Cc2ccon2)c(OC)c1. The van der Waals surface area contributed by atoms with Gasteiger partial charge in [0.2, 0.25) is 11.8 Å². The van der Waals surface area contributed by atoms with Gasteiger partial charge in [-0.25, -0.2) is 0 Å². The predicted octanol–water partition coefficient (Wildman–Crippen LogP) is 1.04. The lowest BCUT2D eigenvalue weighted by Gasteiger charge is -2.35. The van der Waals surface area contributed by atoms with E-state index in [0.29, 0.717) is 43.4 Å². The van der Waals surface area contributed by atoms with Crippen molar-refractivity contribution in [1.29, 1.82) is 0 Å². The van der Waals surface area contributed by atoms with Crippen LogP contribution in [0, 0.1) is 0 Å². The Morgan fingerprint density at radius 2 is 2.17 bits per heavy atom. The number of amides is 2. The molecule has 0 bridgehead atoms. The summed E-state index contributed by atoms with van der Waals surface area (Å²) < 4.78 is 15.5. The van der Waals surface area contributed by atoms with Crippen molar-refractivity contribution in [2.24, 2.45) is 0 Å².